The minimum atomic E-state index is -3.84. The third-order valence-corrected chi connectivity index (χ3v) is 5.23. The first kappa shape index (κ1) is 19.5. The molecule has 10 heteroatoms. The Morgan fingerprint density at radius 2 is 1.85 bits per heavy atom. The molecule has 0 aliphatic rings. The molecule has 2 rings (SSSR count). The lowest BCUT2D eigenvalue weighted by Crippen LogP contribution is -2.33. The average Bonchev–Trinajstić information content (AvgIpc) is 3.10. The average molecular weight is 382 g/mol. The first-order chi connectivity index (χ1) is 12.2. The maximum atomic E-state index is 12.3. The number of benzene rings is 1. The van der Waals surface area contributed by atoms with Gasteiger partial charge in [0.25, 0.3) is 15.9 Å². The van der Waals surface area contributed by atoms with Gasteiger partial charge in [-0.1, -0.05) is 12.1 Å². The Bertz CT molecular complexity index is 901. The van der Waals surface area contributed by atoms with Crippen LogP contribution in [0.1, 0.15) is 22.0 Å². The van der Waals surface area contributed by atoms with Gasteiger partial charge in [-0.05, 0) is 17.7 Å². The van der Waals surface area contributed by atoms with Crippen LogP contribution >= 0.6 is 0 Å². The van der Waals surface area contributed by atoms with E-state index in [0.29, 0.717) is 11.3 Å². The molecular formula is C16H18N2O7S. The van der Waals surface area contributed by atoms with Crippen LogP contribution < -0.4 is 10.1 Å². The number of carboxylic acid groups (broad SMARTS) is 1. The first-order valence-electron chi connectivity index (χ1n) is 7.35. The quantitative estimate of drug-likeness (QED) is 0.734. The van der Waals surface area contributed by atoms with Gasteiger partial charge in [0.15, 0.2) is 6.04 Å². The summed E-state index contributed by atoms with van der Waals surface area (Å²) in [6, 6.07) is 5.87. The van der Waals surface area contributed by atoms with Crippen molar-refractivity contribution in [1.82, 2.24) is 9.62 Å². The second kappa shape index (κ2) is 7.58. The number of aliphatic carboxylic acids is 1. The minimum Gasteiger partial charge on any atom is -0.497 e. The van der Waals surface area contributed by atoms with Crippen LogP contribution in [0.3, 0.4) is 0 Å². The fourth-order valence-electron chi connectivity index (χ4n) is 2.05. The van der Waals surface area contributed by atoms with Crippen molar-refractivity contribution in [1.29, 1.82) is 0 Å². The van der Waals surface area contributed by atoms with E-state index in [0.717, 1.165) is 16.6 Å². The highest BCUT2D eigenvalue weighted by atomic mass is 32.2. The van der Waals surface area contributed by atoms with E-state index in [2.05, 4.69) is 5.32 Å². The lowest BCUT2D eigenvalue weighted by atomic mass is 10.1. The molecule has 1 aromatic heterocycles. The van der Waals surface area contributed by atoms with Gasteiger partial charge in [-0.3, -0.25) is 4.79 Å². The van der Waals surface area contributed by atoms with Crippen molar-refractivity contribution in [2.75, 3.05) is 21.2 Å². The van der Waals surface area contributed by atoms with Gasteiger partial charge in [0.2, 0.25) is 5.09 Å². The van der Waals surface area contributed by atoms with Gasteiger partial charge in [0.05, 0.1) is 12.7 Å². The number of hydrogen-bond donors (Lipinski definition) is 2. The molecule has 1 aromatic carbocycles. The van der Waals surface area contributed by atoms with Gasteiger partial charge in [0, 0.05) is 20.2 Å². The van der Waals surface area contributed by atoms with Crippen LogP contribution in [0.5, 0.6) is 5.75 Å². The maximum absolute atomic E-state index is 12.3. The van der Waals surface area contributed by atoms with Crippen molar-refractivity contribution in [3.8, 4) is 5.75 Å². The van der Waals surface area contributed by atoms with E-state index >= 15 is 0 Å². The molecule has 1 heterocycles. The van der Waals surface area contributed by atoms with E-state index in [-0.39, 0.29) is 5.56 Å². The number of nitrogens with zero attached hydrogens (tertiary/aromatic N) is 1. The predicted molar refractivity (Wildman–Crippen MR) is 90.4 cm³/mol. The summed E-state index contributed by atoms with van der Waals surface area (Å²) in [6.07, 6.45) is 0.957. The van der Waals surface area contributed by atoms with Gasteiger partial charge in [-0.15, -0.1) is 0 Å². The lowest BCUT2D eigenvalue weighted by molar-refractivity contribution is -0.139. The largest absolute Gasteiger partial charge is 0.497 e. The standard InChI is InChI=1S/C16H18N2O7S/c1-18(2)26(22,23)13-8-11(9-25-13)15(19)17-14(16(20)21)10-4-6-12(24-3)7-5-10/h4-9,14H,1-3H3,(H,17,19)(H,20,21). The van der Waals surface area contributed by atoms with E-state index in [9.17, 15) is 23.1 Å². The van der Waals surface area contributed by atoms with E-state index in [1.165, 1.54) is 33.3 Å². The number of nitrogens with one attached hydrogen (secondary N) is 1. The number of amides is 1. The van der Waals surface area contributed by atoms with Gasteiger partial charge < -0.3 is 19.6 Å². The third-order valence-electron chi connectivity index (χ3n) is 3.54. The summed E-state index contributed by atoms with van der Waals surface area (Å²) in [5.74, 6) is -1.51. The van der Waals surface area contributed by atoms with Crippen molar-refractivity contribution in [2.24, 2.45) is 0 Å². The number of carboxylic acids is 1. The van der Waals surface area contributed by atoms with E-state index in [1.807, 2.05) is 0 Å². The zero-order valence-corrected chi connectivity index (χ0v) is 15.1. The highest BCUT2D eigenvalue weighted by Crippen LogP contribution is 2.20. The highest BCUT2D eigenvalue weighted by Gasteiger charge is 2.26. The van der Waals surface area contributed by atoms with Gasteiger partial charge in [-0.2, -0.15) is 0 Å². The van der Waals surface area contributed by atoms with Crippen molar-refractivity contribution >= 4 is 21.9 Å². The predicted octanol–water partition coefficient (Wildman–Crippen LogP) is 1.09. The first-order valence-corrected chi connectivity index (χ1v) is 8.79. The number of sulfonamides is 1. The molecule has 0 aliphatic heterocycles. The van der Waals surface area contributed by atoms with Crippen molar-refractivity contribution in [3.63, 3.8) is 0 Å². The summed E-state index contributed by atoms with van der Waals surface area (Å²) in [7, 11) is 0.280. The number of carbonyl (C=O) groups is 2. The van der Waals surface area contributed by atoms with Crippen molar-refractivity contribution < 1.29 is 32.3 Å². The molecule has 26 heavy (non-hydrogen) atoms. The van der Waals surface area contributed by atoms with E-state index < -0.39 is 33.0 Å². The fourth-order valence-corrected chi connectivity index (χ4v) is 2.85. The molecule has 0 saturated carbocycles. The third kappa shape index (κ3) is 4.03. The SMILES string of the molecule is COc1ccc(C(NC(=O)c2coc(S(=O)(=O)N(C)C)c2)C(=O)O)cc1. The molecule has 0 bridgehead atoms. The van der Waals surface area contributed by atoms with Gasteiger partial charge in [-0.25, -0.2) is 17.5 Å². The number of rotatable bonds is 7. The number of furan rings is 1. The topological polar surface area (TPSA) is 126 Å². The Kier molecular flexibility index (Phi) is 5.68. The molecule has 0 spiro atoms. The normalized spacial score (nSPS) is 12.6. The Labute approximate surface area is 150 Å². The van der Waals surface area contributed by atoms with Crippen LogP contribution in [-0.2, 0) is 14.8 Å². The van der Waals surface area contributed by atoms with Crippen LogP contribution in [0, 0.1) is 0 Å². The fraction of sp³-hybridized carbons (Fsp3) is 0.250. The Hall–Kier alpha value is -2.85. The number of ether oxygens (including phenoxy) is 1. The second-order valence-electron chi connectivity index (χ2n) is 5.46. The second-order valence-corrected chi connectivity index (χ2v) is 7.54. The van der Waals surface area contributed by atoms with Gasteiger partial charge >= 0.3 is 5.97 Å². The Morgan fingerprint density at radius 1 is 1.23 bits per heavy atom. The van der Waals surface area contributed by atoms with Crippen molar-refractivity contribution in [2.45, 2.75) is 11.1 Å². The number of hydrogen-bond acceptors (Lipinski definition) is 6. The molecule has 1 unspecified atom stereocenters. The number of methoxy groups -OCH3 is 1. The molecule has 0 radical (unpaired) electrons. The molecule has 1 atom stereocenters. The molecule has 0 saturated heterocycles. The zero-order chi connectivity index (χ0) is 19.5. The van der Waals surface area contributed by atoms with Crippen LogP contribution in [0.25, 0.3) is 0 Å². The number of carbonyl (C=O) groups excluding carboxylic acids is 1. The van der Waals surface area contributed by atoms with Crippen molar-refractivity contribution in [3.05, 3.63) is 47.7 Å². The maximum Gasteiger partial charge on any atom is 0.330 e. The molecule has 140 valence electrons. The van der Waals surface area contributed by atoms with Crippen LogP contribution in [0.4, 0.5) is 0 Å². The molecule has 2 aromatic rings. The minimum absolute atomic E-state index is 0.106. The molecule has 9 nitrogen and oxygen atoms in total. The summed E-state index contributed by atoms with van der Waals surface area (Å²) in [5.41, 5.74) is 0.224. The van der Waals surface area contributed by atoms with Crippen LogP contribution in [0.15, 0.2) is 46.1 Å². The molecular weight excluding hydrogens is 364 g/mol. The lowest BCUT2D eigenvalue weighted by Gasteiger charge is -2.14. The van der Waals surface area contributed by atoms with Crippen LogP contribution in [-0.4, -0.2) is 50.9 Å². The molecule has 1 amide bonds. The Balaban J connectivity index is 2.23. The highest BCUT2D eigenvalue weighted by molar-refractivity contribution is 7.88. The molecule has 0 fully saturated rings. The summed E-state index contributed by atoms with van der Waals surface area (Å²) in [4.78, 5) is 23.8. The summed E-state index contributed by atoms with van der Waals surface area (Å²) < 4.78 is 34.8. The molecule has 2 N–H and O–H groups in total. The van der Waals surface area contributed by atoms with Gasteiger partial charge in [0.1, 0.15) is 12.0 Å². The summed E-state index contributed by atoms with van der Waals surface area (Å²) in [6.45, 7) is 0. The smallest absolute Gasteiger partial charge is 0.330 e. The van der Waals surface area contributed by atoms with E-state index in [4.69, 9.17) is 9.15 Å². The molecule has 0 aliphatic carbocycles. The van der Waals surface area contributed by atoms with E-state index in [1.54, 1.807) is 12.1 Å². The Morgan fingerprint density at radius 3 is 2.35 bits per heavy atom. The monoisotopic (exact) mass is 382 g/mol. The summed E-state index contributed by atoms with van der Waals surface area (Å²) in [5, 5.41) is 11.3. The zero-order valence-electron chi connectivity index (χ0n) is 14.3. The van der Waals surface area contributed by atoms with Crippen LogP contribution in [0.2, 0.25) is 0 Å². The summed E-state index contributed by atoms with van der Waals surface area (Å²) >= 11 is 0.